The SMILES string of the molecule is CCNC(=NCCN1CCN(C(=O)OC(C)(C)C)CC1)N1CC(C)C(C(=O)OC)C1.I. The number of rotatable bonds is 5. The Kier molecular flexibility index (Phi) is 11.3. The highest BCUT2D eigenvalue weighted by molar-refractivity contribution is 14.0. The molecule has 0 radical (unpaired) electrons. The van der Waals surface area contributed by atoms with E-state index in [2.05, 4.69) is 22.0 Å². The van der Waals surface area contributed by atoms with E-state index in [1.54, 1.807) is 4.90 Å². The van der Waals surface area contributed by atoms with Gasteiger partial charge in [0.05, 0.1) is 19.6 Å². The Morgan fingerprint density at radius 2 is 1.74 bits per heavy atom. The van der Waals surface area contributed by atoms with Crippen molar-refractivity contribution in [1.29, 1.82) is 0 Å². The number of hydrogen-bond acceptors (Lipinski definition) is 6. The lowest BCUT2D eigenvalue weighted by molar-refractivity contribution is -0.145. The fourth-order valence-corrected chi connectivity index (χ4v) is 3.80. The molecule has 2 rings (SSSR count). The number of carbonyl (C=O) groups excluding carboxylic acids is 2. The normalized spacial score (nSPS) is 22.7. The van der Waals surface area contributed by atoms with E-state index in [0.29, 0.717) is 26.2 Å². The number of carbonyl (C=O) groups is 2. The first-order chi connectivity index (χ1) is 14.1. The zero-order valence-corrected chi connectivity index (χ0v) is 22.2. The average Bonchev–Trinajstić information content (AvgIpc) is 3.07. The van der Waals surface area contributed by atoms with Gasteiger partial charge in [0.2, 0.25) is 0 Å². The molecule has 0 spiro atoms. The summed E-state index contributed by atoms with van der Waals surface area (Å²) in [5.74, 6) is 0.828. The molecule has 31 heavy (non-hydrogen) atoms. The molecule has 2 saturated heterocycles. The van der Waals surface area contributed by atoms with Crippen molar-refractivity contribution in [3.8, 4) is 0 Å². The number of guanidine groups is 1. The van der Waals surface area contributed by atoms with E-state index < -0.39 is 5.60 Å². The maximum atomic E-state index is 12.2. The van der Waals surface area contributed by atoms with E-state index >= 15 is 0 Å². The number of halogens is 1. The summed E-state index contributed by atoms with van der Waals surface area (Å²) in [6.07, 6.45) is -0.238. The van der Waals surface area contributed by atoms with Gasteiger partial charge in [-0.15, -0.1) is 24.0 Å². The van der Waals surface area contributed by atoms with Gasteiger partial charge in [-0.25, -0.2) is 4.79 Å². The highest BCUT2D eigenvalue weighted by atomic mass is 127. The average molecular weight is 553 g/mol. The van der Waals surface area contributed by atoms with Crippen molar-refractivity contribution < 1.29 is 19.1 Å². The number of likely N-dealkylation sites (tertiary alicyclic amines) is 1. The van der Waals surface area contributed by atoms with Crippen LogP contribution in [-0.2, 0) is 14.3 Å². The summed E-state index contributed by atoms with van der Waals surface area (Å²) in [6.45, 7) is 16.5. The second-order valence-corrected chi connectivity index (χ2v) is 9.06. The van der Waals surface area contributed by atoms with Gasteiger partial charge >= 0.3 is 12.1 Å². The van der Waals surface area contributed by atoms with Crippen molar-refractivity contribution in [2.75, 3.05) is 66.0 Å². The van der Waals surface area contributed by atoms with Crippen LogP contribution in [0.5, 0.6) is 0 Å². The minimum Gasteiger partial charge on any atom is -0.469 e. The first-order valence-corrected chi connectivity index (χ1v) is 11.0. The lowest BCUT2D eigenvalue weighted by Gasteiger charge is -2.35. The zero-order chi connectivity index (χ0) is 22.3. The number of methoxy groups -OCH3 is 1. The highest BCUT2D eigenvalue weighted by Crippen LogP contribution is 2.24. The topological polar surface area (TPSA) is 86.7 Å². The van der Waals surface area contributed by atoms with Crippen LogP contribution in [-0.4, -0.2) is 104 Å². The predicted molar refractivity (Wildman–Crippen MR) is 132 cm³/mol. The molecule has 0 bridgehead atoms. The number of nitrogens with zero attached hydrogens (tertiary/aromatic N) is 4. The van der Waals surface area contributed by atoms with Gasteiger partial charge in [0.25, 0.3) is 0 Å². The van der Waals surface area contributed by atoms with Crippen molar-refractivity contribution >= 4 is 42.0 Å². The fraction of sp³-hybridized carbons (Fsp3) is 0.857. The Balaban J connectivity index is 0.00000480. The Morgan fingerprint density at radius 3 is 2.29 bits per heavy atom. The number of esters is 1. The lowest BCUT2D eigenvalue weighted by atomic mass is 9.99. The molecule has 0 saturated carbocycles. The summed E-state index contributed by atoms with van der Waals surface area (Å²) in [6, 6.07) is 0. The molecular formula is C21H40IN5O4. The first-order valence-electron chi connectivity index (χ1n) is 11.0. The third-order valence-electron chi connectivity index (χ3n) is 5.45. The number of piperazine rings is 1. The molecule has 0 aromatic carbocycles. The van der Waals surface area contributed by atoms with Gasteiger partial charge in [-0.1, -0.05) is 6.92 Å². The molecule has 2 atom stereocenters. The van der Waals surface area contributed by atoms with Crippen molar-refractivity contribution in [3.63, 3.8) is 0 Å². The second-order valence-electron chi connectivity index (χ2n) is 9.06. The quantitative estimate of drug-likeness (QED) is 0.241. The minimum atomic E-state index is -0.467. The molecule has 1 amide bonds. The maximum absolute atomic E-state index is 12.2. The van der Waals surface area contributed by atoms with Gasteiger partial charge in [-0.05, 0) is 33.6 Å². The van der Waals surface area contributed by atoms with E-state index in [0.717, 1.165) is 38.7 Å². The maximum Gasteiger partial charge on any atom is 0.410 e. The minimum absolute atomic E-state index is 0. The predicted octanol–water partition coefficient (Wildman–Crippen LogP) is 1.86. The fourth-order valence-electron chi connectivity index (χ4n) is 3.80. The van der Waals surface area contributed by atoms with Crippen LogP contribution in [0.1, 0.15) is 34.6 Å². The number of aliphatic imine (C=N–C) groups is 1. The van der Waals surface area contributed by atoms with E-state index in [1.807, 2.05) is 27.7 Å². The number of hydrogen-bond donors (Lipinski definition) is 1. The Labute approximate surface area is 203 Å². The molecule has 0 aromatic heterocycles. The largest absolute Gasteiger partial charge is 0.469 e. The molecule has 2 aliphatic heterocycles. The summed E-state index contributed by atoms with van der Waals surface area (Å²) in [5.41, 5.74) is -0.467. The van der Waals surface area contributed by atoms with Crippen LogP contribution in [0.3, 0.4) is 0 Å². The standard InChI is InChI=1S/C21H39N5O4.HI/c1-7-22-19(26-14-16(2)17(15-26)18(27)29-6)23-8-9-24-10-12-25(13-11-24)20(28)30-21(3,4)5;/h16-17H,7-15H2,1-6H3,(H,22,23);1H. The van der Waals surface area contributed by atoms with Crippen LogP contribution < -0.4 is 5.32 Å². The van der Waals surface area contributed by atoms with Crippen molar-refractivity contribution in [3.05, 3.63) is 0 Å². The molecule has 2 heterocycles. The van der Waals surface area contributed by atoms with E-state index in [-0.39, 0.29) is 47.9 Å². The summed E-state index contributed by atoms with van der Waals surface area (Å²) in [7, 11) is 1.44. The van der Waals surface area contributed by atoms with Crippen molar-refractivity contribution in [1.82, 2.24) is 20.0 Å². The Morgan fingerprint density at radius 1 is 1.10 bits per heavy atom. The first kappa shape index (κ1) is 27.7. The summed E-state index contributed by atoms with van der Waals surface area (Å²) in [5, 5.41) is 3.34. The number of ether oxygens (including phenoxy) is 2. The third kappa shape index (κ3) is 8.63. The molecule has 0 aromatic rings. The molecular weight excluding hydrogens is 513 g/mol. The molecule has 9 nitrogen and oxygen atoms in total. The van der Waals surface area contributed by atoms with Crippen LogP contribution in [0.2, 0.25) is 0 Å². The molecule has 10 heteroatoms. The Bertz CT molecular complexity index is 617. The third-order valence-corrected chi connectivity index (χ3v) is 5.45. The van der Waals surface area contributed by atoms with Gasteiger partial charge in [0, 0.05) is 52.4 Å². The smallest absolute Gasteiger partial charge is 0.410 e. The number of amides is 1. The van der Waals surface area contributed by atoms with Crippen molar-refractivity contribution in [2.45, 2.75) is 40.2 Å². The van der Waals surface area contributed by atoms with E-state index in [9.17, 15) is 9.59 Å². The van der Waals surface area contributed by atoms with Gasteiger partial charge in [0.1, 0.15) is 5.60 Å². The van der Waals surface area contributed by atoms with Crippen molar-refractivity contribution in [2.24, 2.45) is 16.8 Å². The molecule has 180 valence electrons. The van der Waals surface area contributed by atoms with Crippen LogP contribution in [0.25, 0.3) is 0 Å². The summed E-state index contributed by atoms with van der Waals surface area (Å²) < 4.78 is 10.4. The van der Waals surface area contributed by atoms with Crippen LogP contribution >= 0.6 is 24.0 Å². The molecule has 0 aliphatic carbocycles. The number of nitrogens with one attached hydrogen (secondary N) is 1. The molecule has 1 N–H and O–H groups in total. The molecule has 2 unspecified atom stereocenters. The molecule has 2 aliphatic rings. The second kappa shape index (κ2) is 12.7. The monoisotopic (exact) mass is 553 g/mol. The zero-order valence-electron chi connectivity index (χ0n) is 19.8. The van der Waals surface area contributed by atoms with Crippen LogP contribution in [0.4, 0.5) is 4.79 Å². The molecule has 2 fully saturated rings. The van der Waals surface area contributed by atoms with Gasteiger partial charge in [-0.2, -0.15) is 0 Å². The summed E-state index contributed by atoms with van der Waals surface area (Å²) in [4.78, 5) is 35.2. The van der Waals surface area contributed by atoms with Gasteiger partial charge in [0.15, 0.2) is 5.96 Å². The highest BCUT2D eigenvalue weighted by Gasteiger charge is 2.36. The van der Waals surface area contributed by atoms with Gasteiger partial charge < -0.3 is 24.6 Å². The van der Waals surface area contributed by atoms with E-state index in [4.69, 9.17) is 14.5 Å². The Hall–Kier alpha value is -1.30. The van der Waals surface area contributed by atoms with Crippen LogP contribution in [0.15, 0.2) is 4.99 Å². The van der Waals surface area contributed by atoms with Gasteiger partial charge in [-0.3, -0.25) is 14.7 Å². The summed E-state index contributed by atoms with van der Waals surface area (Å²) >= 11 is 0. The lowest BCUT2D eigenvalue weighted by Crippen LogP contribution is -2.50. The van der Waals surface area contributed by atoms with E-state index in [1.165, 1.54) is 7.11 Å². The van der Waals surface area contributed by atoms with Crippen LogP contribution in [0, 0.1) is 11.8 Å².